The first-order valence-electron chi connectivity index (χ1n) is 21.1. The van der Waals surface area contributed by atoms with Crippen LogP contribution in [-0.2, 0) is 30.1 Å². The second-order valence-electron chi connectivity index (χ2n) is 14.5. The predicted molar refractivity (Wildman–Crippen MR) is 219 cm³/mol. The SMILES string of the molecule is CCCCCCCCC(S(=O)(=O)NCCCCCCCCCC#N)(S(=O)(=O)NCCCCCCCCCC#N)S(=O)(=O)NCCCCCCCCCC#N. The molecule has 0 fully saturated rings. The van der Waals surface area contributed by atoms with Crippen LogP contribution in [0.4, 0.5) is 0 Å². The molecule has 0 aromatic carbocycles. The molecule has 3 N–H and O–H groups in total. The lowest BCUT2D eigenvalue weighted by Crippen LogP contribution is -2.63. The molecule has 0 radical (unpaired) electrons. The summed E-state index contributed by atoms with van der Waals surface area (Å²) < 4.78 is 89.9. The molecule has 0 amide bonds. The highest BCUT2D eigenvalue weighted by Gasteiger charge is 2.64. The Morgan fingerprint density at radius 2 is 0.611 bits per heavy atom. The van der Waals surface area contributed by atoms with Crippen LogP contribution in [0, 0.1) is 34.0 Å². The summed E-state index contributed by atoms with van der Waals surface area (Å²) in [6.45, 7) is 1.87. The predicted octanol–water partition coefficient (Wildman–Crippen LogP) is 9.08. The Morgan fingerprint density at radius 3 is 0.889 bits per heavy atom. The highest BCUT2D eigenvalue weighted by Crippen LogP contribution is 2.36. The van der Waals surface area contributed by atoms with Crippen LogP contribution in [0.25, 0.3) is 0 Å². The van der Waals surface area contributed by atoms with Crippen LogP contribution in [0.5, 0.6) is 0 Å². The number of hydrogen-bond acceptors (Lipinski definition) is 9. The zero-order valence-electron chi connectivity index (χ0n) is 33.6. The zero-order chi connectivity index (χ0) is 40.3. The molecule has 0 aliphatic carbocycles. The molecule has 15 heteroatoms. The molecule has 0 saturated heterocycles. The monoisotopic (exact) mass is 818 g/mol. The minimum atomic E-state index is -4.96. The van der Waals surface area contributed by atoms with Crippen molar-refractivity contribution in [1.82, 2.24) is 14.2 Å². The van der Waals surface area contributed by atoms with Crippen LogP contribution in [0.1, 0.15) is 206 Å². The summed E-state index contributed by atoms with van der Waals surface area (Å²) in [5, 5.41) is 26.1. The van der Waals surface area contributed by atoms with Crippen LogP contribution in [0.3, 0.4) is 0 Å². The van der Waals surface area contributed by atoms with E-state index < -0.39 is 39.9 Å². The summed E-state index contributed by atoms with van der Waals surface area (Å²) in [6.07, 6.45) is 22.6. The summed E-state index contributed by atoms with van der Waals surface area (Å²) in [7, 11) is -14.9. The molecule has 0 aliphatic heterocycles. The van der Waals surface area contributed by atoms with Gasteiger partial charge >= 0.3 is 3.41 Å². The molecule has 0 aliphatic rings. The molecule has 0 bridgehead atoms. The van der Waals surface area contributed by atoms with Gasteiger partial charge in [0.15, 0.2) is 0 Å². The number of nitriles is 3. The van der Waals surface area contributed by atoms with Gasteiger partial charge in [0, 0.05) is 45.3 Å². The highest BCUT2D eigenvalue weighted by molar-refractivity contribution is 8.24. The van der Waals surface area contributed by atoms with E-state index in [1.165, 1.54) is 0 Å². The summed E-state index contributed by atoms with van der Waals surface area (Å²) in [5.41, 5.74) is 0. The van der Waals surface area contributed by atoms with E-state index in [0.717, 1.165) is 122 Å². The fourth-order valence-corrected chi connectivity index (χ4v) is 14.2. The number of nitrogens with zero attached hydrogens (tertiary/aromatic N) is 3. The largest absolute Gasteiger partial charge is 0.313 e. The van der Waals surface area contributed by atoms with Gasteiger partial charge in [0.25, 0.3) is 0 Å². The van der Waals surface area contributed by atoms with Crippen molar-refractivity contribution in [1.29, 1.82) is 15.8 Å². The molecule has 12 nitrogen and oxygen atoms in total. The van der Waals surface area contributed by atoms with Gasteiger partial charge in [-0.3, -0.25) is 0 Å². The zero-order valence-corrected chi connectivity index (χ0v) is 36.0. The molecule has 314 valence electrons. The van der Waals surface area contributed by atoms with E-state index in [2.05, 4.69) is 39.3 Å². The van der Waals surface area contributed by atoms with Crippen molar-refractivity contribution in [3.63, 3.8) is 0 Å². The first-order valence-corrected chi connectivity index (χ1v) is 25.5. The Morgan fingerprint density at radius 1 is 0.370 bits per heavy atom. The van der Waals surface area contributed by atoms with E-state index >= 15 is 0 Å². The fraction of sp³-hybridized carbons (Fsp3) is 0.923. The Labute approximate surface area is 331 Å². The fourth-order valence-electron chi connectivity index (χ4n) is 6.55. The average Bonchev–Trinajstić information content (AvgIpc) is 3.13. The molecule has 54 heavy (non-hydrogen) atoms. The molecular formula is C39H74N6O6S3. The molecule has 0 unspecified atom stereocenters. The Kier molecular flexibility index (Phi) is 32.2. The van der Waals surface area contributed by atoms with Gasteiger partial charge in [-0.25, -0.2) is 39.4 Å². The van der Waals surface area contributed by atoms with Crippen molar-refractivity contribution in [2.75, 3.05) is 19.6 Å². The lowest BCUT2D eigenvalue weighted by molar-refractivity contribution is 0.503. The number of rotatable bonds is 40. The van der Waals surface area contributed by atoms with Crippen molar-refractivity contribution < 1.29 is 25.3 Å². The van der Waals surface area contributed by atoms with Gasteiger partial charge in [0.1, 0.15) is 0 Å². The molecule has 0 rings (SSSR count). The first-order chi connectivity index (χ1) is 26.0. The Bertz CT molecular complexity index is 1230. The Balaban J connectivity index is 5.93. The lowest BCUT2D eigenvalue weighted by atomic mass is 10.1. The molecule has 0 atom stereocenters. The van der Waals surface area contributed by atoms with E-state index in [4.69, 9.17) is 15.8 Å². The number of unbranched alkanes of at least 4 members (excludes halogenated alkanes) is 26. The van der Waals surface area contributed by atoms with Gasteiger partial charge in [0.05, 0.1) is 18.2 Å². The van der Waals surface area contributed by atoms with Gasteiger partial charge in [-0.05, 0) is 44.9 Å². The van der Waals surface area contributed by atoms with Crippen LogP contribution in [0.2, 0.25) is 0 Å². The normalized spacial score (nSPS) is 12.3. The molecule has 0 saturated carbocycles. The molecule has 0 aromatic heterocycles. The minimum Gasteiger partial charge on any atom is -0.213 e. The van der Waals surface area contributed by atoms with E-state index in [1.54, 1.807) is 0 Å². The topological polar surface area (TPSA) is 210 Å². The quantitative estimate of drug-likeness (QED) is 0.0503. The van der Waals surface area contributed by atoms with Crippen LogP contribution in [-0.4, -0.2) is 48.3 Å². The van der Waals surface area contributed by atoms with Gasteiger partial charge in [-0.15, -0.1) is 0 Å². The van der Waals surface area contributed by atoms with Crippen molar-refractivity contribution in [2.24, 2.45) is 0 Å². The summed E-state index contributed by atoms with van der Waals surface area (Å²) in [6, 6.07) is 6.42. The highest BCUT2D eigenvalue weighted by atomic mass is 32.3. The van der Waals surface area contributed by atoms with Gasteiger partial charge in [0.2, 0.25) is 30.1 Å². The summed E-state index contributed by atoms with van der Waals surface area (Å²) >= 11 is 0. The van der Waals surface area contributed by atoms with Gasteiger partial charge < -0.3 is 0 Å². The van der Waals surface area contributed by atoms with E-state index in [1.807, 2.05) is 0 Å². The maximum absolute atomic E-state index is 14.3. The molecular weight excluding hydrogens is 745 g/mol. The third-order valence-electron chi connectivity index (χ3n) is 9.84. The summed E-state index contributed by atoms with van der Waals surface area (Å²) in [4.78, 5) is 0. The second-order valence-corrected chi connectivity index (χ2v) is 21.3. The van der Waals surface area contributed by atoms with Crippen molar-refractivity contribution >= 4 is 30.1 Å². The van der Waals surface area contributed by atoms with Crippen molar-refractivity contribution in [3.05, 3.63) is 0 Å². The maximum atomic E-state index is 14.3. The molecule has 0 aromatic rings. The van der Waals surface area contributed by atoms with Crippen LogP contribution < -0.4 is 14.2 Å². The third-order valence-corrected chi connectivity index (χ3v) is 18.6. The van der Waals surface area contributed by atoms with Gasteiger partial charge in [-0.1, -0.05) is 135 Å². The lowest BCUT2D eigenvalue weighted by Gasteiger charge is -2.33. The maximum Gasteiger partial charge on any atom is 0.313 e. The molecule has 0 heterocycles. The smallest absolute Gasteiger partial charge is 0.213 e. The second kappa shape index (κ2) is 33.4. The number of nitrogens with one attached hydrogen (secondary N) is 3. The van der Waals surface area contributed by atoms with E-state index in [9.17, 15) is 25.3 Å². The standard InChI is InChI=1S/C39H74N6O6S3/c1-2-3-4-5-18-25-32-39(52(46,47)43-36-29-22-15-9-6-12-19-26-33-40,53(48,49)44-37-30-23-16-10-7-13-20-27-34-41)54(50,51)45-38-31-24-17-11-8-14-21-28-35-42/h43-45H,2-32,36-38H2,1H3. The number of sulfonamides is 3. The first kappa shape index (κ1) is 52.2. The third kappa shape index (κ3) is 22.7. The minimum absolute atomic E-state index is 0.0667. The van der Waals surface area contributed by atoms with E-state index in [0.29, 0.717) is 64.2 Å². The summed E-state index contributed by atoms with van der Waals surface area (Å²) in [5.74, 6) is 0. The van der Waals surface area contributed by atoms with Gasteiger partial charge in [-0.2, -0.15) is 15.8 Å². The average molecular weight is 819 g/mol. The number of hydrogen-bond donors (Lipinski definition) is 3. The molecule has 0 spiro atoms. The van der Waals surface area contributed by atoms with Crippen LogP contribution in [0.15, 0.2) is 0 Å². The van der Waals surface area contributed by atoms with Crippen molar-refractivity contribution in [3.8, 4) is 18.2 Å². The van der Waals surface area contributed by atoms with E-state index in [-0.39, 0.29) is 26.1 Å². The Hall–Kier alpha value is -1.80. The van der Waals surface area contributed by atoms with Crippen LogP contribution >= 0.6 is 0 Å². The van der Waals surface area contributed by atoms with Crippen molar-refractivity contribution in [2.45, 2.75) is 209 Å².